The van der Waals surface area contributed by atoms with Crippen molar-refractivity contribution >= 4 is 32.3 Å². The summed E-state index contributed by atoms with van der Waals surface area (Å²) < 4.78 is 0. The van der Waals surface area contributed by atoms with E-state index in [4.69, 9.17) is 0 Å². The van der Waals surface area contributed by atoms with Gasteiger partial charge in [0.15, 0.2) is 0 Å². The number of rotatable bonds is 7. The second kappa shape index (κ2) is 15.2. The Balaban J connectivity index is 1.06. The highest BCUT2D eigenvalue weighted by Gasteiger charge is 2.19. The predicted molar refractivity (Wildman–Crippen MR) is 257 cm³/mol. The van der Waals surface area contributed by atoms with E-state index in [-0.39, 0.29) is 0 Å². The minimum Gasteiger partial charge on any atom is -0.0622 e. The second-order valence-corrected chi connectivity index (χ2v) is 15.6. The molecule has 0 heteroatoms. The molecule has 0 amide bonds. The van der Waals surface area contributed by atoms with Crippen LogP contribution in [0.15, 0.2) is 243 Å². The van der Waals surface area contributed by atoms with Crippen molar-refractivity contribution in [1.82, 2.24) is 0 Å². The lowest BCUT2D eigenvalue weighted by Gasteiger charge is -2.20. The highest BCUT2D eigenvalue weighted by atomic mass is 14.2. The zero-order chi connectivity index (χ0) is 39.8. The Labute approximate surface area is 351 Å². The Hall–Kier alpha value is -7.80. The summed E-state index contributed by atoms with van der Waals surface area (Å²) in [4.78, 5) is 0. The zero-order valence-electron chi connectivity index (χ0n) is 33.1. The monoisotopic (exact) mass is 760 g/mol. The fourth-order valence-electron chi connectivity index (χ4n) is 9.21. The molecule has 0 bridgehead atoms. The Bertz CT molecular complexity index is 3310. The van der Waals surface area contributed by atoms with Crippen LogP contribution >= 0.6 is 0 Å². The summed E-state index contributed by atoms with van der Waals surface area (Å²) in [6.07, 6.45) is 0. The third kappa shape index (κ3) is 6.36. The molecule has 0 atom stereocenters. The molecule has 11 rings (SSSR count). The molecule has 60 heavy (non-hydrogen) atoms. The van der Waals surface area contributed by atoms with Crippen LogP contribution in [0.3, 0.4) is 0 Å². The molecule has 0 saturated carbocycles. The minimum atomic E-state index is 1.20. The van der Waals surface area contributed by atoms with Crippen molar-refractivity contribution in [3.05, 3.63) is 243 Å². The van der Waals surface area contributed by atoms with Crippen molar-refractivity contribution in [3.8, 4) is 77.9 Å². The minimum absolute atomic E-state index is 1.20. The van der Waals surface area contributed by atoms with Crippen LogP contribution in [-0.2, 0) is 0 Å². The maximum absolute atomic E-state index is 2.37. The molecule has 0 aliphatic heterocycles. The molecule has 0 N–H and O–H groups in total. The summed E-state index contributed by atoms with van der Waals surface area (Å²) >= 11 is 0. The summed E-state index contributed by atoms with van der Waals surface area (Å²) in [5.74, 6) is 0. The van der Waals surface area contributed by atoms with Gasteiger partial charge in [-0.2, -0.15) is 0 Å². The molecule has 0 fully saturated rings. The molecule has 280 valence electrons. The quantitative estimate of drug-likeness (QED) is 0.152. The molecule has 0 heterocycles. The first kappa shape index (κ1) is 35.4. The summed E-state index contributed by atoms with van der Waals surface area (Å²) in [7, 11) is 0. The van der Waals surface area contributed by atoms with E-state index in [2.05, 4.69) is 243 Å². The van der Waals surface area contributed by atoms with Crippen molar-refractivity contribution in [2.45, 2.75) is 0 Å². The van der Waals surface area contributed by atoms with Crippen LogP contribution < -0.4 is 0 Å². The van der Waals surface area contributed by atoms with Gasteiger partial charge in [-0.15, -0.1) is 0 Å². The van der Waals surface area contributed by atoms with Gasteiger partial charge in [0.25, 0.3) is 0 Å². The third-order valence-electron chi connectivity index (χ3n) is 12.1. The van der Waals surface area contributed by atoms with Gasteiger partial charge in [0.2, 0.25) is 0 Å². The van der Waals surface area contributed by atoms with Gasteiger partial charge in [-0.3, -0.25) is 0 Å². The van der Waals surface area contributed by atoms with Gasteiger partial charge < -0.3 is 0 Å². The lowest BCUT2D eigenvalue weighted by Crippen LogP contribution is -1.93. The van der Waals surface area contributed by atoms with Gasteiger partial charge in [-0.1, -0.05) is 224 Å². The number of hydrogen-bond donors (Lipinski definition) is 0. The van der Waals surface area contributed by atoms with E-state index < -0.39 is 0 Å². The van der Waals surface area contributed by atoms with E-state index >= 15 is 0 Å². The first-order valence-electron chi connectivity index (χ1n) is 20.7. The van der Waals surface area contributed by atoms with Gasteiger partial charge in [0.05, 0.1) is 0 Å². The molecule has 0 nitrogen and oxygen atoms in total. The highest BCUT2D eigenvalue weighted by molar-refractivity contribution is 6.13. The van der Waals surface area contributed by atoms with E-state index in [0.717, 1.165) is 0 Å². The van der Waals surface area contributed by atoms with E-state index in [1.54, 1.807) is 0 Å². The average Bonchev–Trinajstić information content (AvgIpc) is 3.33. The average molecular weight is 761 g/mol. The highest BCUT2D eigenvalue weighted by Crippen LogP contribution is 2.46. The number of benzene rings is 11. The van der Waals surface area contributed by atoms with Gasteiger partial charge in [-0.25, -0.2) is 0 Å². The summed E-state index contributed by atoms with van der Waals surface area (Å²) in [5, 5.41) is 7.42. The molecular weight excluding hydrogens is 721 g/mol. The van der Waals surface area contributed by atoms with E-state index in [1.165, 1.54) is 110 Å². The molecule has 0 aliphatic carbocycles. The van der Waals surface area contributed by atoms with Crippen LogP contribution in [0.1, 0.15) is 0 Å². The van der Waals surface area contributed by atoms with Crippen LogP contribution in [0.25, 0.3) is 110 Å². The van der Waals surface area contributed by atoms with Crippen LogP contribution in [0.2, 0.25) is 0 Å². The lowest BCUT2D eigenvalue weighted by atomic mass is 9.84. The van der Waals surface area contributed by atoms with Crippen molar-refractivity contribution < 1.29 is 0 Å². The van der Waals surface area contributed by atoms with Crippen LogP contribution in [0, 0.1) is 0 Å². The van der Waals surface area contributed by atoms with Crippen molar-refractivity contribution in [1.29, 1.82) is 0 Å². The molecule has 0 radical (unpaired) electrons. The summed E-state index contributed by atoms with van der Waals surface area (Å²) in [6, 6.07) is 88.7. The Kier molecular flexibility index (Phi) is 8.95. The Morgan fingerprint density at radius 2 is 0.483 bits per heavy atom. The largest absolute Gasteiger partial charge is 0.0622 e. The van der Waals surface area contributed by atoms with E-state index in [0.29, 0.717) is 0 Å². The first-order valence-corrected chi connectivity index (χ1v) is 20.7. The lowest BCUT2D eigenvalue weighted by molar-refractivity contribution is 1.59. The fraction of sp³-hybridized carbons (Fsp3) is 0. The predicted octanol–water partition coefficient (Wildman–Crippen LogP) is 16.8. The van der Waals surface area contributed by atoms with Gasteiger partial charge >= 0.3 is 0 Å². The topological polar surface area (TPSA) is 0 Å². The van der Waals surface area contributed by atoms with Crippen molar-refractivity contribution in [2.75, 3.05) is 0 Å². The third-order valence-corrected chi connectivity index (χ3v) is 12.1. The maximum atomic E-state index is 2.37. The summed E-state index contributed by atoms with van der Waals surface area (Å²) in [5.41, 5.74) is 17.2. The van der Waals surface area contributed by atoms with Gasteiger partial charge in [0.1, 0.15) is 0 Å². The smallest absolute Gasteiger partial charge is 0.00266 e. The molecule has 0 aliphatic rings. The molecule has 11 aromatic carbocycles. The SMILES string of the molecule is c1ccc(-c2ccc3c(-c4ccccc4)c(-c4ccc5cc(-c6ccc7c(-c8ccccc8)c(-c8ccccc8)ccc7c6-c6ccccc6)ccc5c4)ccc3c2)cc1. The molecule has 0 unspecified atom stereocenters. The number of fused-ring (bicyclic) bond motifs is 3. The van der Waals surface area contributed by atoms with E-state index in [9.17, 15) is 0 Å². The summed E-state index contributed by atoms with van der Waals surface area (Å²) in [6.45, 7) is 0. The second-order valence-electron chi connectivity index (χ2n) is 15.6. The molecule has 0 spiro atoms. The molecule has 0 saturated heterocycles. The van der Waals surface area contributed by atoms with Crippen molar-refractivity contribution in [2.24, 2.45) is 0 Å². The van der Waals surface area contributed by atoms with Crippen molar-refractivity contribution in [3.63, 3.8) is 0 Å². The first-order chi connectivity index (χ1) is 29.8. The van der Waals surface area contributed by atoms with E-state index in [1.807, 2.05) is 0 Å². The maximum Gasteiger partial charge on any atom is -0.00266 e. The Morgan fingerprint density at radius 1 is 0.167 bits per heavy atom. The van der Waals surface area contributed by atoms with Crippen LogP contribution in [-0.4, -0.2) is 0 Å². The fourth-order valence-corrected chi connectivity index (χ4v) is 9.21. The normalized spacial score (nSPS) is 11.3. The Morgan fingerprint density at radius 3 is 0.950 bits per heavy atom. The zero-order valence-corrected chi connectivity index (χ0v) is 33.1. The van der Waals surface area contributed by atoms with Crippen LogP contribution in [0.5, 0.6) is 0 Å². The standard InChI is InChI=1S/C60H40/c1-6-16-41(17-7-1)46-30-32-53-51(38-46)31-33-54(58(53)43-20-10-3-11-21-43)49-28-26-48-40-50(29-27-47(48)39-49)55-35-37-56-57(60(55)45-24-14-5-15-25-45)36-34-52(42-18-8-2-9-19-42)59(56)44-22-12-4-13-23-44/h1-40H. The van der Waals surface area contributed by atoms with Crippen LogP contribution in [0.4, 0.5) is 0 Å². The van der Waals surface area contributed by atoms with Gasteiger partial charge in [-0.05, 0) is 128 Å². The van der Waals surface area contributed by atoms with Gasteiger partial charge in [0, 0.05) is 0 Å². The number of hydrogen-bond acceptors (Lipinski definition) is 0. The molecular formula is C60H40. The molecule has 0 aromatic heterocycles. The molecule has 11 aromatic rings.